The molecular weight excluding hydrogens is 276 g/mol. The van der Waals surface area contributed by atoms with Crippen LogP contribution in [0, 0.1) is 5.92 Å². The maximum absolute atomic E-state index is 12.2. The van der Waals surface area contributed by atoms with Gasteiger partial charge in [-0.05, 0) is 50.4 Å². The topological polar surface area (TPSA) is 50.4 Å². The summed E-state index contributed by atoms with van der Waals surface area (Å²) in [7, 11) is 0. The first kappa shape index (κ1) is 16.8. The summed E-state index contributed by atoms with van der Waals surface area (Å²) in [5.74, 6) is 1.20. The van der Waals surface area contributed by atoms with E-state index in [1.165, 1.54) is 0 Å². The number of rotatable bonds is 7. The third-order valence-corrected chi connectivity index (χ3v) is 4.13. The van der Waals surface area contributed by atoms with Crippen molar-refractivity contribution in [3.8, 4) is 5.75 Å². The Labute approximate surface area is 133 Å². The molecule has 22 heavy (non-hydrogen) atoms. The quantitative estimate of drug-likeness (QED) is 0.762. The first-order chi connectivity index (χ1) is 10.7. The van der Waals surface area contributed by atoms with Crippen LogP contribution >= 0.6 is 0 Å². The zero-order valence-corrected chi connectivity index (χ0v) is 13.7. The van der Waals surface area contributed by atoms with Crippen LogP contribution in [0.15, 0.2) is 24.3 Å². The molecule has 1 fully saturated rings. The van der Waals surface area contributed by atoms with E-state index in [0.717, 1.165) is 50.1 Å². The van der Waals surface area contributed by atoms with Gasteiger partial charge in [-0.1, -0.05) is 25.5 Å². The number of amides is 1. The second-order valence-electron chi connectivity index (χ2n) is 6.14. The second kappa shape index (κ2) is 8.79. The molecular formula is C18H28N2O2. The summed E-state index contributed by atoms with van der Waals surface area (Å²) in [6, 6.07) is 8.42. The average molecular weight is 304 g/mol. The number of nitrogens with one attached hydrogen (secondary N) is 2. The molecule has 0 spiro atoms. The lowest BCUT2D eigenvalue weighted by atomic mass is 9.92. The predicted octanol–water partition coefficient (Wildman–Crippen LogP) is 2.87. The fourth-order valence-electron chi connectivity index (χ4n) is 2.78. The van der Waals surface area contributed by atoms with Gasteiger partial charge in [0.2, 0.25) is 5.91 Å². The molecule has 0 unspecified atom stereocenters. The van der Waals surface area contributed by atoms with E-state index in [4.69, 9.17) is 4.74 Å². The third-order valence-electron chi connectivity index (χ3n) is 4.13. The van der Waals surface area contributed by atoms with Crippen molar-refractivity contribution in [1.29, 1.82) is 0 Å². The van der Waals surface area contributed by atoms with Gasteiger partial charge in [-0.3, -0.25) is 4.79 Å². The van der Waals surface area contributed by atoms with Crippen LogP contribution < -0.4 is 15.4 Å². The molecule has 4 nitrogen and oxygen atoms in total. The summed E-state index contributed by atoms with van der Waals surface area (Å²) in [4.78, 5) is 12.2. The Morgan fingerprint density at radius 3 is 3.09 bits per heavy atom. The van der Waals surface area contributed by atoms with Gasteiger partial charge in [0, 0.05) is 18.5 Å². The molecule has 4 heteroatoms. The highest BCUT2D eigenvalue weighted by Gasteiger charge is 2.24. The summed E-state index contributed by atoms with van der Waals surface area (Å²) in [5, 5.41) is 6.44. The van der Waals surface area contributed by atoms with Gasteiger partial charge in [0.05, 0.1) is 6.61 Å². The normalized spacial score (nSPS) is 21.4. The molecule has 0 saturated carbocycles. The van der Waals surface area contributed by atoms with Crippen molar-refractivity contribution in [3.05, 3.63) is 29.8 Å². The Hall–Kier alpha value is -1.55. The molecule has 1 heterocycles. The van der Waals surface area contributed by atoms with Crippen molar-refractivity contribution in [3.63, 3.8) is 0 Å². The molecule has 122 valence electrons. The highest BCUT2D eigenvalue weighted by Crippen LogP contribution is 2.17. The Kier molecular flexibility index (Phi) is 6.72. The zero-order chi connectivity index (χ0) is 15.8. The lowest BCUT2D eigenvalue weighted by Gasteiger charge is -2.27. The summed E-state index contributed by atoms with van der Waals surface area (Å²) in [6.07, 6.45) is 4.04. The maximum Gasteiger partial charge on any atom is 0.223 e. The Morgan fingerprint density at radius 1 is 1.45 bits per heavy atom. The smallest absolute Gasteiger partial charge is 0.223 e. The fraction of sp³-hybridized carbons (Fsp3) is 0.611. The fourth-order valence-corrected chi connectivity index (χ4v) is 2.78. The van der Waals surface area contributed by atoms with Crippen molar-refractivity contribution in [1.82, 2.24) is 10.6 Å². The molecule has 0 aliphatic carbocycles. The molecule has 1 aliphatic rings. The third kappa shape index (κ3) is 5.34. The van der Waals surface area contributed by atoms with E-state index in [-0.39, 0.29) is 11.8 Å². The van der Waals surface area contributed by atoms with Crippen LogP contribution in [0.2, 0.25) is 0 Å². The van der Waals surface area contributed by atoms with Gasteiger partial charge in [0.15, 0.2) is 0 Å². The number of piperidine rings is 1. The summed E-state index contributed by atoms with van der Waals surface area (Å²) in [5.41, 5.74) is 1.09. The lowest BCUT2D eigenvalue weighted by molar-refractivity contribution is -0.126. The number of carbonyl (C=O) groups excluding carboxylic acids is 1. The molecule has 1 aromatic carbocycles. The highest BCUT2D eigenvalue weighted by molar-refractivity contribution is 5.78. The van der Waals surface area contributed by atoms with E-state index < -0.39 is 0 Å². The number of unbranched alkanes of at least 4 members (excludes halogenated alkanes) is 1. The summed E-state index contributed by atoms with van der Waals surface area (Å²) in [6.45, 7) is 6.54. The van der Waals surface area contributed by atoms with E-state index in [2.05, 4.69) is 24.5 Å². The zero-order valence-electron chi connectivity index (χ0n) is 13.7. The van der Waals surface area contributed by atoms with Crippen molar-refractivity contribution in [2.45, 2.75) is 52.1 Å². The Balaban J connectivity index is 1.80. The van der Waals surface area contributed by atoms with Crippen LogP contribution in [-0.2, 0) is 11.3 Å². The van der Waals surface area contributed by atoms with E-state index >= 15 is 0 Å². The minimum atomic E-state index is 0.139. The first-order valence-electron chi connectivity index (χ1n) is 8.42. The van der Waals surface area contributed by atoms with Crippen LogP contribution in [0.5, 0.6) is 5.75 Å². The SMILES string of the molecule is CCCCOc1cccc(CNC(=O)[C@H]2CCN[C@@H](C)C2)c1. The molecule has 1 amide bonds. The summed E-state index contributed by atoms with van der Waals surface area (Å²) >= 11 is 0. The maximum atomic E-state index is 12.2. The van der Waals surface area contributed by atoms with Gasteiger partial charge in [0.25, 0.3) is 0 Å². The molecule has 0 radical (unpaired) electrons. The number of ether oxygens (including phenoxy) is 1. The monoisotopic (exact) mass is 304 g/mol. The van der Waals surface area contributed by atoms with Gasteiger partial charge in [-0.2, -0.15) is 0 Å². The molecule has 1 aliphatic heterocycles. The van der Waals surface area contributed by atoms with Gasteiger partial charge in [-0.25, -0.2) is 0 Å². The lowest BCUT2D eigenvalue weighted by Crippen LogP contribution is -2.42. The Morgan fingerprint density at radius 2 is 2.32 bits per heavy atom. The largest absolute Gasteiger partial charge is 0.494 e. The van der Waals surface area contributed by atoms with Crippen molar-refractivity contribution in [2.75, 3.05) is 13.2 Å². The molecule has 2 rings (SSSR count). The molecule has 2 atom stereocenters. The first-order valence-corrected chi connectivity index (χ1v) is 8.42. The molecule has 2 N–H and O–H groups in total. The van der Waals surface area contributed by atoms with E-state index in [1.54, 1.807) is 0 Å². The van der Waals surface area contributed by atoms with Gasteiger partial charge < -0.3 is 15.4 Å². The van der Waals surface area contributed by atoms with Gasteiger partial charge >= 0.3 is 0 Å². The van der Waals surface area contributed by atoms with Crippen molar-refractivity contribution >= 4 is 5.91 Å². The molecule has 1 aromatic rings. The van der Waals surface area contributed by atoms with Gasteiger partial charge in [0.1, 0.15) is 5.75 Å². The van der Waals surface area contributed by atoms with Crippen LogP contribution in [0.25, 0.3) is 0 Å². The molecule has 0 aromatic heterocycles. The number of benzene rings is 1. The number of carbonyl (C=O) groups is 1. The standard InChI is InChI=1S/C18H28N2O2/c1-3-4-10-22-17-7-5-6-15(12-17)13-20-18(21)16-8-9-19-14(2)11-16/h5-7,12,14,16,19H,3-4,8-11,13H2,1-2H3,(H,20,21)/t14-,16-/m0/s1. The Bertz CT molecular complexity index is 476. The van der Waals surface area contributed by atoms with Crippen LogP contribution in [-0.4, -0.2) is 25.1 Å². The van der Waals surface area contributed by atoms with Crippen molar-refractivity contribution in [2.24, 2.45) is 5.92 Å². The summed E-state index contributed by atoms with van der Waals surface area (Å²) < 4.78 is 5.70. The van der Waals surface area contributed by atoms with Gasteiger partial charge in [-0.15, -0.1) is 0 Å². The van der Waals surface area contributed by atoms with Crippen molar-refractivity contribution < 1.29 is 9.53 Å². The minimum Gasteiger partial charge on any atom is -0.494 e. The average Bonchev–Trinajstić information content (AvgIpc) is 2.53. The number of hydrogen-bond donors (Lipinski definition) is 2. The molecule has 1 saturated heterocycles. The number of hydrogen-bond acceptors (Lipinski definition) is 3. The van der Waals surface area contributed by atoms with Crippen LogP contribution in [0.3, 0.4) is 0 Å². The minimum absolute atomic E-state index is 0.139. The molecule has 0 bridgehead atoms. The predicted molar refractivity (Wildman–Crippen MR) is 88.9 cm³/mol. The second-order valence-corrected chi connectivity index (χ2v) is 6.14. The van der Waals surface area contributed by atoms with E-state index in [9.17, 15) is 4.79 Å². The van der Waals surface area contributed by atoms with E-state index in [1.807, 2.05) is 24.3 Å². The van der Waals surface area contributed by atoms with Crippen LogP contribution in [0.4, 0.5) is 0 Å². The van der Waals surface area contributed by atoms with Crippen LogP contribution in [0.1, 0.15) is 45.1 Å². The highest BCUT2D eigenvalue weighted by atomic mass is 16.5. The van der Waals surface area contributed by atoms with E-state index in [0.29, 0.717) is 12.6 Å².